The molecule has 0 aliphatic carbocycles. The van der Waals surface area contributed by atoms with Crippen LogP contribution in [0.4, 0.5) is 4.79 Å². The van der Waals surface area contributed by atoms with E-state index in [2.05, 4.69) is 4.98 Å². The smallest absolute Gasteiger partial charge is 0.411 e. The number of carboxylic acids is 1. The van der Waals surface area contributed by atoms with Crippen LogP contribution in [0.1, 0.15) is 75.2 Å². The van der Waals surface area contributed by atoms with Crippen molar-refractivity contribution in [3.05, 3.63) is 45.8 Å². The van der Waals surface area contributed by atoms with Crippen molar-refractivity contribution >= 4 is 34.4 Å². The highest BCUT2D eigenvalue weighted by Gasteiger charge is 2.36. The first-order chi connectivity index (χ1) is 15.6. The number of hydrogen-bond acceptors (Lipinski definition) is 4. The van der Waals surface area contributed by atoms with E-state index in [1.807, 2.05) is 59.7 Å². The summed E-state index contributed by atoms with van der Waals surface area (Å²) in [4.78, 5) is 37.5. The Kier molecular flexibility index (Phi) is 16.8. The lowest BCUT2D eigenvalue weighted by Gasteiger charge is -2.26. The number of carboxylic acid groups (broad SMARTS) is 1. The molecule has 33 heavy (non-hydrogen) atoms. The fourth-order valence-corrected chi connectivity index (χ4v) is 2.94. The molecule has 1 aliphatic rings. The maximum absolute atomic E-state index is 11.6. The van der Waals surface area contributed by atoms with Crippen molar-refractivity contribution in [3.8, 4) is 0 Å². The second-order valence-electron chi connectivity index (χ2n) is 7.20. The summed E-state index contributed by atoms with van der Waals surface area (Å²) < 4.78 is 5.13. The number of H-pyrrole nitrogens is 1. The number of carbonyl (C=O) groups is 2. The number of aliphatic carboxylic acids is 1. The first-order valence-electron chi connectivity index (χ1n) is 11.6. The second kappa shape index (κ2) is 17.0. The number of ether oxygens (including phenoxy) is 1. The van der Waals surface area contributed by atoms with Crippen molar-refractivity contribution in [2.75, 3.05) is 6.54 Å². The monoisotopic (exact) mass is 484 g/mol. The van der Waals surface area contributed by atoms with Crippen molar-refractivity contribution in [2.45, 2.75) is 86.8 Å². The van der Waals surface area contributed by atoms with Crippen molar-refractivity contribution in [1.29, 1.82) is 0 Å². The SMILES string of the molecule is CC.CC.CC.CC(C)(C)OC(=O)N1CCCC1C(=O)O.O=c1[nH]c(Cl)cc2ccccc12. The van der Waals surface area contributed by atoms with Crippen LogP contribution < -0.4 is 5.56 Å². The molecule has 0 spiro atoms. The van der Waals surface area contributed by atoms with Crippen LogP contribution in [0.3, 0.4) is 0 Å². The summed E-state index contributed by atoms with van der Waals surface area (Å²) in [6.45, 7) is 17.7. The number of benzene rings is 1. The number of nitrogens with zero attached hydrogens (tertiary/aromatic N) is 1. The molecule has 1 fully saturated rings. The van der Waals surface area contributed by atoms with Gasteiger partial charge in [-0.2, -0.15) is 0 Å². The van der Waals surface area contributed by atoms with Crippen LogP contribution in [0.25, 0.3) is 10.8 Å². The number of nitrogens with one attached hydrogen (secondary N) is 1. The third kappa shape index (κ3) is 11.8. The minimum absolute atomic E-state index is 0.141. The van der Waals surface area contributed by atoms with Crippen LogP contribution in [-0.2, 0) is 9.53 Å². The zero-order chi connectivity index (χ0) is 26.2. The Morgan fingerprint density at radius 2 is 1.64 bits per heavy atom. The van der Waals surface area contributed by atoms with Gasteiger partial charge in [-0.05, 0) is 51.1 Å². The maximum Gasteiger partial charge on any atom is 0.411 e. The van der Waals surface area contributed by atoms with E-state index in [0.29, 0.717) is 23.5 Å². The van der Waals surface area contributed by atoms with Crippen LogP contribution in [0.5, 0.6) is 0 Å². The van der Waals surface area contributed by atoms with Gasteiger partial charge in [0.25, 0.3) is 5.56 Å². The minimum Gasteiger partial charge on any atom is -0.480 e. The summed E-state index contributed by atoms with van der Waals surface area (Å²) in [5, 5.41) is 10.8. The molecule has 8 heteroatoms. The van der Waals surface area contributed by atoms with E-state index < -0.39 is 23.7 Å². The zero-order valence-electron chi connectivity index (χ0n) is 21.5. The molecule has 7 nitrogen and oxygen atoms in total. The van der Waals surface area contributed by atoms with Gasteiger partial charge in [-0.15, -0.1) is 0 Å². The average molecular weight is 485 g/mol. The molecule has 3 rings (SSSR count). The molecule has 1 aromatic carbocycles. The topological polar surface area (TPSA) is 99.7 Å². The van der Waals surface area contributed by atoms with Crippen LogP contribution >= 0.6 is 11.6 Å². The number of amides is 1. The summed E-state index contributed by atoms with van der Waals surface area (Å²) >= 11 is 5.67. The second-order valence-corrected chi connectivity index (χ2v) is 7.61. The quantitative estimate of drug-likeness (QED) is 0.437. The van der Waals surface area contributed by atoms with E-state index >= 15 is 0 Å². The van der Waals surface area contributed by atoms with Crippen molar-refractivity contribution in [2.24, 2.45) is 0 Å². The Morgan fingerprint density at radius 3 is 2.15 bits per heavy atom. The van der Waals surface area contributed by atoms with E-state index in [1.165, 1.54) is 4.90 Å². The lowest BCUT2D eigenvalue weighted by Crippen LogP contribution is -2.43. The number of rotatable bonds is 1. The Balaban J connectivity index is 0. The van der Waals surface area contributed by atoms with Gasteiger partial charge in [0.05, 0.1) is 0 Å². The fraction of sp³-hybridized carbons (Fsp3) is 0.560. The number of carbonyl (C=O) groups excluding carboxylic acids is 1. The van der Waals surface area contributed by atoms with Gasteiger partial charge in [-0.25, -0.2) is 9.59 Å². The highest BCUT2D eigenvalue weighted by atomic mass is 35.5. The lowest BCUT2D eigenvalue weighted by molar-refractivity contribution is -0.142. The molecule has 1 aromatic heterocycles. The number of pyridine rings is 1. The van der Waals surface area contributed by atoms with Crippen molar-refractivity contribution in [1.82, 2.24) is 9.88 Å². The number of aromatic nitrogens is 1. The molecule has 1 aliphatic heterocycles. The Labute approximate surface area is 203 Å². The Bertz CT molecular complexity index is 890. The van der Waals surface area contributed by atoms with Gasteiger partial charge in [0.2, 0.25) is 0 Å². The van der Waals surface area contributed by atoms with Crippen molar-refractivity contribution in [3.63, 3.8) is 0 Å². The van der Waals surface area contributed by atoms with Gasteiger partial charge in [0, 0.05) is 11.9 Å². The van der Waals surface area contributed by atoms with Crippen LogP contribution in [0, 0.1) is 0 Å². The maximum atomic E-state index is 11.6. The lowest BCUT2D eigenvalue weighted by atomic mass is 10.2. The van der Waals surface area contributed by atoms with Gasteiger partial charge in [-0.3, -0.25) is 9.69 Å². The molecule has 1 saturated heterocycles. The largest absolute Gasteiger partial charge is 0.480 e. The molecule has 1 unspecified atom stereocenters. The van der Waals surface area contributed by atoms with Crippen LogP contribution in [-0.4, -0.2) is 45.2 Å². The van der Waals surface area contributed by atoms with E-state index in [0.717, 1.165) is 11.8 Å². The van der Waals surface area contributed by atoms with Gasteiger partial charge in [-0.1, -0.05) is 71.3 Å². The fourth-order valence-electron chi connectivity index (χ4n) is 2.74. The normalized spacial score (nSPS) is 14.1. The van der Waals surface area contributed by atoms with E-state index in [-0.39, 0.29) is 5.56 Å². The molecule has 0 saturated carbocycles. The standard InChI is InChI=1S/C10H17NO4.C9H6ClNO.3C2H6/c1-10(2,3)15-9(14)11-6-4-5-7(11)8(12)13;10-8-5-6-3-1-2-4-7(6)9(12)11-8;3*1-2/h7H,4-6H2,1-3H3,(H,12,13);1-5H,(H,11,12);3*1-2H3. The summed E-state index contributed by atoms with van der Waals surface area (Å²) in [7, 11) is 0. The van der Waals surface area contributed by atoms with E-state index in [4.69, 9.17) is 21.4 Å². The molecule has 2 heterocycles. The highest BCUT2D eigenvalue weighted by Crippen LogP contribution is 2.20. The van der Waals surface area contributed by atoms with Gasteiger partial charge < -0.3 is 14.8 Å². The van der Waals surface area contributed by atoms with E-state index in [1.54, 1.807) is 32.9 Å². The van der Waals surface area contributed by atoms with Crippen molar-refractivity contribution < 1.29 is 19.4 Å². The molecule has 2 N–H and O–H groups in total. The predicted molar refractivity (Wildman–Crippen MR) is 137 cm³/mol. The minimum atomic E-state index is -0.960. The molecule has 1 atom stereocenters. The third-order valence-corrected chi connectivity index (χ3v) is 4.09. The van der Waals surface area contributed by atoms with Crippen LogP contribution in [0.15, 0.2) is 35.1 Å². The number of halogens is 1. The number of likely N-dealkylation sites (tertiary alicyclic amines) is 1. The number of hydrogen-bond donors (Lipinski definition) is 2. The summed E-state index contributed by atoms with van der Waals surface area (Å²) in [5.74, 6) is -0.960. The predicted octanol–water partition coefficient (Wildman–Crippen LogP) is 6.73. The Morgan fingerprint density at radius 1 is 1.09 bits per heavy atom. The molecular weight excluding hydrogens is 444 g/mol. The van der Waals surface area contributed by atoms with E-state index in [9.17, 15) is 14.4 Å². The summed E-state index contributed by atoms with van der Waals surface area (Å²) in [6.07, 6.45) is 0.692. The molecule has 2 aromatic rings. The number of aromatic amines is 1. The molecule has 188 valence electrons. The molecule has 0 radical (unpaired) electrons. The molecule has 1 amide bonds. The first-order valence-corrected chi connectivity index (χ1v) is 12.0. The third-order valence-electron chi connectivity index (χ3n) is 3.89. The van der Waals surface area contributed by atoms with Gasteiger partial charge in [0.1, 0.15) is 16.8 Å². The highest BCUT2D eigenvalue weighted by molar-refractivity contribution is 6.30. The zero-order valence-corrected chi connectivity index (χ0v) is 22.2. The summed E-state index contributed by atoms with van der Waals surface area (Å²) in [5.41, 5.74) is -0.721. The summed E-state index contributed by atoms with van der Waals surface area (Å²) in [6, 6.07) is 8.34. The average Bonchev–Trinajstić information content (AvgIpc) is 3.28. The number of fused-ring (bicyclic) bond motifs is 1. The van der Waals surface area contributed by atoms with Crippen LogP contribution in [0.2, 0.25) is 5.15 Å². The Hall–Kier alpha value is -2.54. The molecular formula is C25H41ClN2O5. The molecule has 0 bridgehead atoms. The first kappa shape index (κ1) is 32.6. The van der Waals surface area contributed by atoms with Gasteiger partial charge in [0.15, 0.2) is 0 Å². The van der Waals surface area contributed by atoms with Gasteiger partial charge >= 0.3 is 12.1 Å².